The van der Waals surface area contributed by atoms with E-state index in [1.165, 1.54) is 31.4 Å². The molecule has 2 aromatic carbocycles. The van der Waals surface area contributed by atoms with Crippen molar-refractivity contribution in [3.8, 4) is 5.75 Å². The highest BCUT2D eigenvalue weighted by atomic mass is 19.1. The van der Waals surface area contributed by atoms with E-state index in [0.29, 0.717) is 5.75 Å². The molecule has 0 radical (unpaired) electrons. The highest BCUT2D eigenvalue weighted by Gasteiger charge is 1.90. The first-order chi connectivity index (χ1) is 7.72. The SMILES string of the molecule is COc1cccc(F)c1.Fc1ccccc1. The van der Waals surface area contributed by atoms with Gasteiger partial charge in [-0.15, -0.1) is 0 Å². The summed E-state index contributed by atoms with van der Waals surface area (Å²) in [5.74, 6) is 0.104. The molecular formula is C13H12F2O. The highest BCUT2D eigenvalue weighted by Crippen LogP contribution is 2.09. The fraction of sp³-hybridized carbons (Fsp3) is 0.0769. The molecular weight excluding hydrogens is 210 g/mol. The smallest absolute Gasteiger partial charge is 0.126 e. The lowest BCUT2D eigenvalue weighted by molar-refractivity contribution is 0.411. The Morgan fingerprint density at radius 2 is 1.44 bits per heavy atom. The molecule has 0 fully saturated rings. The van der Waals surface area contributed by atoms with Crippen LogP contribution in [0.3, 0.4) is 0 Å². The first-order valence-corrected chi connectivity index (χ1v) is 4.72. The summed E-state index contributed by atoms with van der Waals surface area (Å²) in [6, 6.07) is 14.0. The van der Waals surface area contributed by atoms with Crippen LogP contribution in [0.25, 0.3) is 0 Å². The first kappa shape index (κ1) is 12.2. The Kier molecular flexibility index (Phi) is 4.99. The van der Waals surface area contributed by atoms with Crippen molar-refractivity contribution in [2.75, 3.05) is 7.11 Å². The molecule has 3 heteroatoms. The molecule has 84 valence electrons. The van der Waals surface area contributed by atoms with Crippen LogP contribution in [0, 0.1) is 11.6 Å². The number of methoxy groups -OCH3 is 1. The van der Waals surface area contributed by atoms with Gasteiger partial charge in [0.1, 0.15) is 17.4 Å². The summed E-state index contributed by atoms with van der Waals surface area (Å²) in [5, 5.41) is 0. The lowest BCUT2D eigenvalue weighted by atomic mass is 10.3. The van der Waals surface area contributed by atoms with Crippen LogP contribution >= 0.6 is 0 Å². The van der Waals surface area contributed by atoms with Gasteiger partial charge in [-0.1, -0.05) is 24.3 Å². The highest BCUT2D eigenvalue weighted by molar-refractivity contribution is 5.21. The van der Waals surface area contributed by atoms with Crippen molar-refractivity contribution in [1.82, 2.24) is 0 Å². The second-order valence-corrected chi connectivity index (χ2v) is 2.96. The predicted molar refractivity (Wildman–Crippen MR) is 59.4 cm³/mol. The van der Waals surface area contributed by atoms with Crippen molar-refractivity contribution in [2.24, 2.45) is 0 Å². The van der Waals surface area contributed by atoms with E-state index in [2.05, 4.69) is 0 Å². The molecule has 0 aliphatic heterocycles. The second kappa shape index (κ2) is 6.56. The molecule has 0 heterocycles. The Morgan fingerprint density at radius 1 is 0.812 bits per heavy atom. The topological polar surface area (TPSA) is 9.23 Å². The van der Waals surface area contributed by atoms with Crippen molar-refractivity contribution in [3.63, 3.8) is 0 Å². The van der Waals surface area contributed by atoms with Gasteiger partial charge in [-0.3, -0.25) is 0 Å². The lowest BCUT2D eigenvalue weighted by Crippen LogP contribution is -1.81. The summed E-state index contributed by atoms with van der Waals surface area (Å²) in [6.07, 6.45) is 0. The fourth-order valence-electron chi connectivity index (χ4n) is 1.01. The maximum atomic E-state index is 12.3. The van der Waals surface area contributed by atoms with Gasteiger partial charge in [0.2, 0.25) is 0 Å². The lowest BCUT2D eigenvalue weighted by Gasteiger charge is -1.95. The van der Waals surface area contributed by atoms with Crippen LogP contribution < -0.4 is 4.74 Å². The normalized spacial score (nSPS) is 8.94. The Balaban J connectivity index is 0.000000165. The van der Waals surface area contributed by atoms with Crippen molar-refractivity contribution in [2.45, 2.75) is 0 Å². The average molecular weight is 222 g/mol. The molecule has 0 aliphatic carbocycles. The molecule has 0 aromatic heterocycles. The van der Waals surface area contributed by atoms with E-state index in [0.717, 1.165) is 0 Å². The van der Waals surface area contributed by atoms with Crippen LogP contribution in [-0.4, -0.2) is 7.11 Å². The number of benzene rings is 2. The van der Waals surface area contributed by atoms with Gasteiger partial charge in [0.25, 0.3) is 0 Å². The van der Waals surface area contributed by atoms with E-state index in [1.807, 2.05) is 0 Å². The van der Waals surface area contributed by atoms with E-state index in [1.54, 1.807) is 30.3 Å². The van der Waals surface area contributed by atoms with Gasteiger partial charge >= 0.3 is 0 Å². The Labute approximate surface area is 93.3 Å². The van der Waals surface area contributed by atoms with Crippen LogP contribution in [0.5, 0.6) is 5.75 Å². The van der Waals surface area contributed by atoms with Gasteiger partial charge in [-0.2, -0.15) is 0 Å². The Morgan fingerprint density at radius 3 is 1.81 bits per heavy atom. The van der Waals surface area contributed by atoms with Gasteiger partial charge in [0.15, 0.2) is 0 Å². The van der Waals surface area contributed by atoms with E-state index < -0.39 is 0 Å². The molecule has 0 aliphatic rings. The van der Waals surface area contributed by atoms with Crippen LogP contribution in [-0.2, 0) is 0 Å². The molecule has 0 spiro atoms. The minimum Gasteiger partial charge on any atom is -0.497 e. The quantitative estimate of drug-likeness (QED) is 0.715. The molecule has 0 atom stereocenters. The Bertz CT molecular complexity index is 415. The second-order valence-electron chi connectivity index (χ2n) is 2.96. The number of hydrogen-bond acceptors (Lipinski definition) is 1. The first-order valence-electron chi connectivity index (χ1n) is 4.72. The van der Waals surface area contributed by atoms with Crippen molar-refractivity contribution >= 4 is 0 Å². The number of halogens is 2. The van der Waals surface area contributed by atoms with Gasteiger partial charge in [-0.05, 0) is 24.3 Å². The summed E-state index contributed by atoms with van der Waals surface area (Å²) < 4.78 is 28.9. The molecule has 0 N–H and O–H groups in total. The zero-order valence-electron chi connectivity index (χ0n) is 8.86. The van der Waals surface area contributed by atoms with Crippen LogP contribution in [0.15, 0.2) is 54.6 Å². The van der Waals surface area contributed by atoms with Gasteiger partial charge in [0.05, 0.1) is 7.11 Å². The van der Waals surface area contributed by atoms with Gasteiger partial charge in [0, 0.05) is 6.07 Å². The molecule has 1 nitrogen and oxygen atoms in total. The monoisotopic (exact) mass is 222 g/mol. The van der Waals surface area contributed by atoms with Gasteiger partial charge in [-0.25, -0.2) is 8.78 Å². The standard InChI is InChI=1S/C7H7FO.C6H5F/c1-9-7-4-2-3-6(8)5-7;7-6-4-2-1-3-5-6/h2-5H,1H3;1-5H. The largest absolute Gasteiger partial charge is 0.497 e. The molecule has 0 saturated carbocycles. The van der Waals surface area contributed by atoms with E-state index in [4.69, 9.17) is 4.74 Å². The third kappa shape index (κ3) is 4.55. The molecule has 2 rings (SSSR count). The molecule has 0 amide bonds. The summed E-state index contributed by atoms with van der Waals surface area (Å²) >= 11 is 0. The molecule has 0 bridgehead atoms. The summed E-state index contributed by atoms with van der Waals surface area (Å²) in [6.45, 7) is 0. The third-order valence-corrected chi connectivity index (χ3v) is 1.76. The van der Waals surface area contributed by atoms with Crippen molar-refractivity contribution < 1.29 is 13.5 Å². The molecule has 2 aromatic rings. The number of hydrogen-bond donors (Lipinski definition) is 0. The van der Waals surface area contributed by atoms with Crippen molar-refractivity contribution in [1.29, 1.82) is 0 Å². The zero-order chi connectivity index (χ0) is 11.8. The maximum Gasteiger partial charge on any atom is 0.126 e. The van der Waals surface area contributed by atoms with Crippen LogP contribution in [0.2, 0.25) is 0 Å². The van der Waals surface area contributed by atoms with E-state index in [9.17, 15) is 8.78 Å². The fourth-order valence-corrected chi connectivity index (χ4v) is 1.01. The summed E-state index contributed by atoms with van der Waals surface area (Å²) in [5.41, 5.74) is 0. The van der Waals surface area contributed by atoms with Crippen LogP contribution in [0.4, 0.5) is 8.78 Å². The summed E-state index contributed by atoms with van der Waals surface area (Å²) in [7, 11) is 1.51. The number of ether oxygens (including phenoxy) is 1. The van der Waals surface area contributed by atoms with Crippen LogP contribution in [0.1, 0.15) is 0 Å². The van der Waals surface area contributed by atoms with E-state index >= 15 is 0 Å². The zero-order valence-corrected chi connectivity index (χ0v) is 8.86. The maximum absolute atomic E-state index is 12.3. The third-order valence-electron chi connectivity index (χ3n) is 1.76. The molecule has 0 saturated heterocycles. The van der Waals surface area contributed by atoms with Gasteiger partial charge < -0.3 is 4.74 Å². The van der Waals surface area contributed by atoms with E-state index in [-0.39, 0.29) is 11.6 Å². The van der Waals surface area contributed by atoms with Crippen molar-refractivity contribution in [3.05, 3.63) is 66.2 Å². The molecule has 0 unspecified atom stereocenters. The minimum absolute atomic E-state index is 0.178. The molecule has 16 heavy (non-hydrogen) atoms. The Hall–Kier alpha value is -1.90. The predicted octanol–water partition coefficient (Wildman–Crippen LogP) is 3.66. The minimum atomic E-state index is -0.269. The average Bonchev–Trinajstić information content (AvgIpc) is 2.31. The number of rotatable bonds is 1. The summed E-state index contributed by atoms with van der Waals surface area (Å²) in [4.78, 5) is 0.